The molecule has 6 nitrogen and oxygen atoms in total. The van der Waals surface area contributed by atoms with Gasteiger partial charge in [-0.3, -0.25) is 4.79 Å². The first-order chi connectivity index (χ1) is 15.1. The number of aliphatic hydroxyl groups is 1. The van der Waals surface area contributed by atoms with E-state index in [-0.39, 0.29) is 17.8 Å². The van der Waals surface area contributed by atoms with Crippen molar-refractivity contribution >= 4 is 17.4 Å². The number of nitrogens with zero attached hydrogens (tertiary/aromatic N) is 2. The van der Waals surface area contributed by atoms with Gasteiger partial charge in [0, 0.05) is 12.1 Å². The fraction of sp³-hybridized carbons (Fsp3) is 0.273. The molecule has 0 fully saturated rings. The minimum absolute atomic E-state index is 0.0503. The van der Waals surface area contributed by atoms with E-state index < -0.39 is 36.1 Å². The summed E-state index contributed by atoms with van der Waals surface area (Å²) < 4.78 is 55.3. The lowest BCUT2D eigenvalue weighted by Gasteiger charge is -2.34. The average molecular weight is 448 g/mol. The number of rotatable bonds is 4. The second-order valence-electron chi connectivity index (χ2n) is 7.65. The van der Waals surface area contributed by atoms with Crippen molar-refractivity contribution in [2.75, 3.05) is 10.6 Å². The number of hydrogen-bond acceptors (Lipinski definition) is 4. The Morgan fingerprint density at radius 2 is 1.84 bits per heavy atom. The third kappa shape index (κ3) is 4.31. The highest BCUT2D eigenvalue weighted by Crippen LogP contribution is 2.44. The maximum atomic E-state index is 13.8. The van der Waals surface area contributed by atoms with Gasteiger partial charge in [0.1, 0.15) is 17.2 Å². The van der Waals surface area contributed by atoms with Crippen molar-refractivity contribution in [3.05, 3.63) is 77.2 Å². The summed E-state index contributed by atoms with van der Waals surface area (Å²) >= 11 is 0. The van der Waals surface area contributed by atoms with Gasteiger partial charge in [0.25, 0.3) is 5.91 Å². The topological polar surface area (TPSA) is 79.2 Å². The van der Waals surface area contributed by atoms with Crippen LogP contribution in [0, 0.1) is 5.82 Å². The number of carbonyl (C=O) groups excluding carboxylic acids is 1. The van der Waals surface area contributed by atoms with E-state index in [2.05, 4.69) is 15.7 Å². The van der Waals surface area contributed by atoms with Gasteiger partial charge in [-0.1, -0.05) is 24.3 Å². The molecule has 3 unspecified atom stereocenters. The molecule has 1 amide bonds. The van der Waals surface area contributed by atoms with Crippen molar-refractivity contribution in [1.29, 1.82) is 0 Å². The molecule has 1 aliphatic heterocycles. The van der Waals surface area contributed by atoms with Crippen LogP contribution in [0.3, 0.4) is 0 Å². The van der Waals surface area contributed by atoms with Crippen LogP contribution in [0.15, 0.2) is 54.7 Å². The Hall–Kier alpha value is -3.40. The SMILES string of the molecule is CC(O)c1ccc(NC(=O)c2cnn3c2NC(c2ccc(F)cc2)CC3C(F)(F)F)cc1. The molecule has 2 aromatic carbocycles. The molecule has 3 N–H and O–H groups in total. The molecule has 0 saturated carbocycles. The van der Waals surface area contributed by atoms with Crippen LogP contribution in [0.5, 0.6) is 0 Å². The molecule has 32 heavy (non-hydrogen) atoms. The van der Waals surface area contributed by atoms with Gasteiger partial charge < -0.3 is 15.7 Å². The molecule has 10 heteroatoms. The molecule has 168 valence electrons. The van der Waals surface area contributed by atoms with Crippen LogP contribution in [0.25, 0.3) is 0 Å². The zero-order valence-corrected chi connectivity index (χ0v) is 16.9. The van der Waals surface area contributed by atoms with Gasteiger partial charge in [-0.15, -0.1) is 0 Å². The molecule has 0 aliphatic carbocycles. The van der Waals surface area contributed by atoms with E-state index in [0.717, 1.165) is 10.9 Å². The fourth-order valence-electron chi connectivity index (χ4n) is 3.69. The molecule has 3 aromatic rings. The van der Waals surface area contributed by atoms with Crippen LogP contribution in [0.2, 0.25) is 0 Å². The number of amides is 1. The summed E-state index contributed by atoms with van der Waals surface area (Å²) in [7, 11) is 0. The molecule has 0 saturated heterocycles. The van der Waals surface area contributed by atoms with Gasteiger partial charge in [0.05, 0.1) is 18.3 Å². The molecule has 4 rings (SSSR count). The second kappa shape index (κ2) is 8.27. The molecule has 3 atom stereocenters. The van der Waals surface area contributed by atoms with Crippen molar-refractivity contribution in [2.24, 2.45) is 0 Å². The number of alkyl halides is 3. The van der Waals surface area contributed by atoms with Crippen LogP contribution in [0.4, 0.5) is 29.1 Å². The molecule has 0 radical (unpaired) electrons. The van der Waals surface area contributed by atoms with Gasteiger partial charge in [0.2, 0.25) is 0 Å². The van der Waals surface area contributed by atoms with Crippen LogP contribution in [-0.4, -0.2) is 27.0 Å². The van der Waals surface area contributed by atoms with Crippen LogP contribution in [-0.2, 0) is 0 Å². The maximum absolute atomic E-state index is 13.8. The van der Waals surface area contributed by atoms with Crippen molar-refractivity contribution in [3.63, 3.8) is 0 Å². The monoisotopic (exact) mass is 448 g/mol. The number of nitrogens with one attached hydrogen (secondary N) is 2. The number of aliphatic hydroxyl groups excluding tert-OH is 1. The van der Waals surface area contributed by atoms with Crippen molar-refractivity contribution in [1.82, 2.24) is 9.78 Å². The summed E-state index contributed by atoms with van der Waals surface area (Å²) in [4.78, 5) is 12.8. The van der Waals surface area contributed by atoms with E-state index in [0.29, 0.717) is 16.8 Å². The third-order valence-corrected chi connectivity index (χ3v) is 5.41. The zero-order valence-electron chi connectivity index (χ0n) is 16.9. The highest BCUT2D eigenvalue weighted by Gasteiger charge is 2.47. The Bertz CT molecular complexity index is 1110. The van der Waals surface area contributed by atoms with Gasteiger partial charge in [0.15, 0.2) is 6.04 Å². The molecule has 0 spiro atoms. The maximum Gasteiger partial charge on any atom is 0.410 e. The lowest BCUT2D eigenvalue weighted by Crippen LogP contribution is -2.36. The third-order valence-electron chi connectivity index (χ3n) is 5.41. The Kier molecular flexibility index (Phi) is 5.64. The Labute approximate surface area is 180 Å². The molecule has 1 aliphatic rings. The normalized spacial score (nSPS) is 19.1. The predicted octanol–water partition coefficient (Wildman–Crippen LogP) is 4.99. The molecule has 0 bridgehead atoms. The fourth-order valence-corrected chi connectivity index (χ4v) is 3.69. The Morgan fingerprint density at radius 3 is 2.44 bits per heavy atom. The summed E-state index contributed by atoms with van der Waals surface area (Å²) in [5, 5.41) is 19.0. The Morgan fingerprint density at radius 1 is 1.19 bits per heavy atom. The largest absolute Gasteiger partial charge is 0.410 e. The first-order valence-electron chi connectivity index (χ1n) is 9.89. The molecular formula is C22H20F4N4O2. The lowest BCUT2D eigenvalue weighted by molar-refractivity contribution is -0.173. The summed E-state index contributed by atoms with van der Waals surface area (Å²) in [6.07, 6.45) is -4.53. The van der Waals surface area contributed by atoms with Gasteiger partial charge in [-0.25, -0.2) is 9.07 Å². The van der Waals surface area contributed by atoms with Crippen molar-refractivity contribution in [2.45, 2.75) is 37.7 Å². The smallest absolute Gasteiger partial charge is 0.389 e. The van der Waals surface area contributed by atoms with E-state index in [1.54, 1.807) is 31.2 Å². The van der Waals surface area contributed by atoms with Crippen LogP contribution >= 0.6 is 0 Å². The van der Waals surface area contributed by atoms with Gasteiger partial charge in [-0.2, -0.15) is 18.3 Å². The Balaban J connectivity index is 1.64. The minimum Gasteiger partial charge on any atom is -0.389 e. The molecule has 2 heterocycles. The number of benzene rings is 2. The van der Waals surface area contributed by atoms with E-state index in [1.165, 1.54) is 24.3 Å². The lowest BCUT2D eigenvalue weighted by atomic mass is 9.96. The number of fused-ring (bicyclic) bond motifs is 1. The number of halogens is 4. The van der Waals surface area contributed by atoms with Gasteiger partial charge >= 0.3 is 6.18 Å². The summed E-state index contributed by atoms with van der Waals surface area (Å²) in [5.74, 6) is -1.20. The highest BCUT2D eigenvalue weighted by atomic mass is 19.4. The van der Waals surface area contributed by atoms with E-state index in [1.807, 2.05) is 0 Å². The van der Waals surface area contributed by atoms with Crippen LogP contribution < -0.4 is 10.6 Å². The number of hydrogen-bond donors (Lipinski definition) is 3. The van der Waals surface area contributed by atoms with E-state index in [4.69, 9.17) is 0 Å². The van der Waals surface area contributed by atoms with Crippen molar-refractivity contribution in [3.8, 4) is 0 Å². The quantitative estimate of drug-likeness (QED) is 0.492. The first-order valence-corrected chi connectivity index (χ1v) is 9.89. The predicted molar refractivity (Wildman–Crippen MR) is 110 cm³/mol. The highest BCUT2D eigenvalue weighted by molar-refractivity contribution is 6.07. The van der Waals surface area contributed by atoms with Crippen LogP contribution in [0.1, 0.15) is 53.0 Å². The number of aromatic nitrogens is 2. The summed E-state index contributed by atoms with van der Waals surface area (Å²) in [5.41, 5.74) is 1.49. The summed E-state index contributed by atoms with van der Waals surface area (Å²) in [6.45, 7) is 1.60. The standard InChI is InChI=1S/C22H20F4N4O2/c1-12(31)13-4-8-16(9-5-13)28-21(32)17-11-27-30-19(22(24,25)26)10-18(29-20(17)30)14-2-6-15(23)7-3-14/h2-9,11-12,18-19,29,31H,10H2,1H3,(H,28,32). The number of carbonyl (C=O) groups is 1. The van der Waals surface area contributed by atoms with E-state index in [9.17, 15) is 27.5 Å². The number of anilines is 2. The average Bonchev–Trinajstić information content (AvgIpc) is 3.17. The first kappa shape index (κ1) is 21.8. The van der Waals surface area contributed by atoms with Gasteiger partial charge in [-0.05, 0) is 42.3 Å². The second-order valence-corrected chi connectivity index (χ2v) is 7.65. The summed E-state index contributed by atoms with van der Waals surface area (Å²) in [6, 6.07) is 8.89. The van der Waals surface area contributed by atoms with E-state index >= 15 is 0 Å². The molecule has 1 aromatic heterocycles. The molecular weight excluding hydrogens is 428 g/mol. The zero-order chi connectivity index (χ0) is 23.0. The van der Waals surface area contributed by atoms with Crippen molar-refractivity contribution < 1.29 is 27.5 Å². The minimum atomic E-state index is -4.59.